The molecular weight excluding hydrogens is 306 g/mol. The number of nitrogens with one attached hydrogen (secondary N) is 1. The van der Waals surface area contributed by atoms with Crippen LogP contribution in [0.3, 0.4) is 0 Å². The predicted octanol–water partition coefficient (Wildman–Crippen LogP) is 2.25. The maximum Gasteiger partial charge on any atom is 0.292 e. The number of likely N-dealkylation sites (tertiary alicyclic amines) is 1. The van der Waals surface area contributed by atoms with Crippen molar-refractivity contribution >= 4 is 5.91 Å². The number of piperidine rings is 1. The van der Waals surface area contributed by atoms with Crippen molar-refractivity contribution in [2.75, 3.05) is 32.8 Å². The minimum atomic E-state index is -0.0583. The van der Waals surface area contributed by atoms with E-state index < -0.39 is 0 Å². The van der Waals surface area contributed by atoms with Gasteiger partial charge in [0.05, 0.1) is 24.4 Å². The largest absolute Gasteiger partial charge is 0.377 e. The zero-order valence-electron chi connectivity index (χ0n) is 14.8. The van der Waals surface area contributed by atoms with Gasteiger partial charge in [0.15, 0.2) is 0 Å². The molecule has 2 aliphatic heterocycles. The van der Waals surface area contributed by atoms with Crippen LogP contribution in [0.5, 0.6) is 0 Å². The minimum absolute atomic E-state index is 0.0277. The molecule has 3 rings (SSSR count). The monoisotopic (exact) mass is 335 g/mol. The Kier molecular flexibility index (Phi) is 5.56. The Morgan fingerprint density at radius 3 is 2.71 bits per heavy atom. The smallest absolute Gasteiger partial charge is 0.292 e. The molecular formula is C18H29N3O3. The second-order valence-corrected chi connectivity index (χ2v) is 7.59. The van der Waals surface area contributed by atoms with Crippen molar-refractivity contribution < 1.29 is 14.1 Å². The Morgan fingerprint density at radius 1 is 1.33 bits per heavy atom. The summed E-state index contributed by atoms with van der Waals surface area (Å²) in [6.07, 6.45) is 5.23. The van der Waals surface area contributed by atoms with E-state index >= 15 is 0 Å². The highest BCUT2D eigenvalue weighted by Crippen LogP contribution is 2.23. The van der Waals surface area contributed by atoms with Gasteiger partial charge in [-0.1, -0.05) is 19.0 Å². The molecule has 0 saturated carbocycles. The van der Waals surface area contributed by atoms with Crippen molar-refractivity contribution in [1.29, 1.82) is 0 Å². The van der Waals surface area contributed by atoms with Crippen molar-refractivity contribution in [3.05, 3.63) is 17.5 Å². The first-order valence-electron chi connectivity index (χ1n) is 9.16. The molecule has 2 aliphatic rings. The van der Waals surface area contributed by atoms with Crippen LogP contribution in [-0.2, 0) is 11.2 Å². The molecule has 0 bridgehead atoms. The molecule has 1 N–H and O–H groups in total. The Morgan fingerprint density at radius 2 is 2.08 bits per heavy atom. The summed E-state index contributed by atoms with van der Waals surface area (Å²) in [5, 5.41) is 7.74. The fourth-order valence-corrected chi connectivity index (χ4v) is 3.34. The molecule has 2 fully saturated rings. The molecule has 134 valence electrons. The highest BCUT2D eigenvalue weighted by Gasteiger charge is 2.39. The first-order valence-corrected chi connectivity index (χ1v) is 9.16. The molecule has 0 aliphatic carbocycles. The number of rotatable bonds is 7. The lowest BCUT2D eigenvalue weighted by Crippen LogP contribution is -2.62. The Bertz CT molecular complexity index is 545. The number of carbonyl (C=O) groups excluding carboxylic acids is 1. The maximum absolute atomic E-state index is 12.5. The molecule has 0 radical (unpaired) electrons. The second kappa shape index (κ2) is 7.66. The summed E-state index contributed by atoms with van der Waals surface area (Å²) in [6.45, 7) is 8.44. The van der Waals surface area contributed by atoms with E-state index in [1.807, 2.05) is 4.90 Å². The van der Waals surface area contributed by atoms with Crippen molar-refractivity contribution in [3.63, 3.8) is 0 Å². The van der Waals surface area contributed by atoms with Crippen LogP contribution in [0.15, 0.2) is 10.6 Å². The summed E-state index contributed by atoms with van der Waals surface area (Å²) >= 11 is 0. The van der Waals surface area contributed by atoms with Gasteiger partial charge < -0.3 is 19.5 Å². The van der Waals surface area contributed by atoms with E-state index in [2.05, 4.69) is 24.3 Å². The normalized spacial score (nSPS) is 20.2. The zero-order chi connectivity index (χ0) is 17.0. The van der Waals surface area contributed by atoms with Crippen LogP contribution < -0.4 is 5.32 Å². The van der Waals surface area contributed by atoms with Gasteiger partial charge >= 0.3 is 0 Å². The van der Waals surface area contributed by atoms with Crippen LogP contribution in [0.25, 0.3) is 0 Å². The summed E-state index contributed by atoms with van der Waals surface area (Å²) in [4.78, 5) is 14.3. The van der Waals surface area contributed by atoms with Gasteiger partial charge in [0.25, 0.3) is 5.91 Å². The molecule has 6 nitrogen and oxygen atoms in total. The molecule has 2 saturated heterocycles. The van der Waals surface area contributed by atoms with Crippen LogP contribution >= 0.6 is 0 Å². The van der Waals surface area contributed by atoms with Gasteiger partial charge in [0, 0.05) is 25.6 Å². The predicted molar refractivity (Wildman–Crippen MR) is 91.0 cm³/mol. The van der Waals surface area contributed by atoms with Gasteiger partial charge in [-0.15, -0.1) is 0 Å². The number of nitrogens with zero attached hydrogens (tertiary/aromatic N) is 2. The quantitative estimate of drug-likeness (QED) is 0.828. The molecule has 1 amide bonds. The van der Waals surface area contributed by atoms with E-state index in [1.54, 1.807) is 6.07 Å². The topological polar surface area (TPSA) is 67.6 Å². The van der Waals surface area contributed by atoms with E-state index in [0.29, 0.717) is 24.9 Å². The number of hydrogen-bond acceptors (Lipinski definition) is 5. The lowest BCUT2D eigenvalue weighted by atomic mass is 9.90. The number of ether oxygens (including phenoxy) is 1. The van der Waals surface area contributed by atoms with Crippen LogP contribution in [0, 0.1) is 5.92 Å². The van der Waals surface area contributed by atoms with Crippen LogP contribution in [0.4, 0.5) is 0 Å². The van der Waals surface area contributed by atoms with Crippen molar-refractivity contribution in [3.8, 4) is 0 Å². The van der Waals surface area contributed by atoms with Gasteiger partial charge in [-0.25, -0.2) is 0 Å². The van der Waals surface area contributed by atoms with E-state index in [9.17, 15) is 4.79 Å². The molecule has 0 atom stereocenters. The summed E-state index contributed by atoms with van der Waals surface area (Å²) in [7, 11) is 0. The van der Waals surface area contributed by atoms with E-state index in [-0.39, 0.29) is 11.4 Å². The zero-order valence-corrected chi connectivity index (χ0v) is 14.8. The third-order valence-electron chi connectivity index (χ3n) is 4.91. The first kappa shape index (κ1) is 17.4. The fraction of sp³-hybridized carbons (Fsp3) is 0.778. The van der Waals surface area contributed by atoms with Crippen molar-refractivity contribution in [1.82, 2.24) is 15.4 Å². The SMILES string of the molecule is CC(C)CCNC1(Cc2cc(C(=O)N3CCCCC3)on2)COC1. The molecule has 24 heavy (non-hydrogen) atoms. The molecule has 3 heterocycles. The van der Waals surface area contributed by atoms with Gasteiger partial charge in [-0.3, -0.25) is 4.79 Å². The maximum atomic E-state index is 12.5. The van der Waals surface area contributed by atoms with Crippen LogP contribution in [0.2, 0.25) is 0 Å². The fourth-order valence-electron chi connectivity index (χ4n) is 3.34. The molecule has 0 spiro atoms. The summed E-state index contributed by atoms with van der Waals surface area (Å²) < 4.78 is 10.7. The minimum Gasteiger partial charge on any atom is -0.377 e. The number of hydrogen-bond donors (Lipinski definition) is 1. The van der Waals surface area contributed by atoms with Crippen molar-refractivity contribution in [2.45, 2.75) is 51.5 Å². The molecule has 1 aromatic heterocycles. The van der Waals surface area contributed by atoms with Crippen LogP contribution in [0.1, 0.15) is 55.8 Å². The Hall–Kier alpha value is -1.40. The Labute approximate surface area is 143 Å². The van der Waals surface area contributed by atoms with Crippen molar-refractivity contribution in [2.24, 2.45) is 5.92 Å². The molecule has 6 heteroatoms. The highest BCUT2D eigenvalue weighted by atomic mass is 16.5. The molecule has 1 aromatic rings. The molecule has 0 unspecified atom stereocenters. The van der Waals surface area contributed by atoms with Gasteiger partial charge in [-0.05, 0) is 38.1 Å². The first-order chi connectivity index (χ1) is 11.6. The average molecular weight is 335 g/mol. The lowest BCUT2D eigenvalue weighted by molar-refractivity contribution is -0.0747. The number of aromatic nitrogens is 1. The summed E-state index contributed by atoms with van der Waals surface area (Å²) in [5.74, 6) is 1.01. The van der Waals surface area contributed by atoms with Gasteiger partial charge in [-0.2, -0.15) is 0 Å². The van der Waals surface area contributed by atoms with E-state index in [0.717, 1.165) is 51.0 Å². The van der Waals surface area contributed by atoms with Gasteiger partial charge in [0.1, 0.15) is 0 Å². The average Bonchev–Trinajstić information content (AvgIpc) is 3.00. The second-order valence-electron chi connectivity index (χ2n) is 7.59. The number of amides is 1. The Balaban J connectivity index is 1.57. The summed E-state index contributed by atoms with van der Waals surface area (Å²) in [6, 6.07) is 1.81. The molecule has 0 aromatic carbocycles. The van der Waals surface area contributed by atoms with E-state index in [4.69, 9.17) is 9.26 Å². The summed E-state index contributed by atoms with van der Waals surface area (Å²) in [5.41, 5.74) is 0.771. The lowest BCUT2D eigenvalue weighted by Gasteiger charge is -2.42. The van der Waals surface area contributed by atoms with Gasteiger partial charge in [0.2, 0.25) is 5.76 Å². The highest BCUT2D eigenvalue weighted by molar-refractivity contribution is 5.91. The standard InChI is InChI=1S/C18H29N3O3/c1-14(2)6-7-19-18(12-23-13-18)11-15-10-16(24-20-15)17(22)21-8-4-3-5-9-21/h10,14,19H,3-9,11-13H2,1-2H3. The third kappa shape index (κ3) is 4.16. The van der Waals surface area contributed by atoms with Crippen LogP contribution in [-0.4, -0.2) is 54.4 Å². The van der Waals surface area contributed by atoms with E-state index in [1.165, 1.54) is 6.42 Å². The number of carbonyl (C=O) groups is 1. The third-order valence-corrected chi connectivity index (χ3v) is 4.91.